The second-order valence-corrected chi connectivity index (χ2v) is 3.58. The van der Waals surface area contributed by atoms with Gasteiger partial charge in [0.25, 0.3) is 11.5 Å². The van der Waals surface area contributed by atoms with Gasteiger partial charge in [0.2, 0.25) is 0 Å². The minimum Gasteiger partial charge on any atom is -0.468 e. The average Bonchev–Trinajstić information content (AvgIpc) is 2.38. The lowest BCUT2D eigenvalue weighted by Gasteiger charge is -2.18. The molecule has 0 saturated carbocycles. The van der Waals surface area contributed by atoms with E-state index in [4.69, 9.17) is 0 Å². The second kappa shape index (κ2) is 5.95. The number of ether oxygens (including phenoxy) is 1. The summed E-state index contributed by atoms with van der Waals surface area (Å²) in [4.78, 5) is 35.6. The van der Waals surface area contributed by atoms with Crippen molar-refractivity contribution >= 4 is 11.9 Å². The van der Waals surface area contributed by atoms with Gasteiger partial charge in [-0.1, -0.05) is 0 Å². The Kier molecular flexibility index (Phi) is 4.59. The maximum absolute atomic E-state index is 12.0. The molecule has 0 aliphatic rings. The molecule has 1 aromatic rings. The molecule has 98 valence electrons. The van der Waals surface area contributed by atoms with Crippen LogP contribution in [-0.2, 0) is 16.6 Å². The van der Waals surface area contributed by atoms with E-state index in [2.05, 4.69) is 9.84 Å². The van der Waals surface area contributed by atoms with Crippen LogP contribution < -0.4 is 5.56 Å². The van der Waals surface area contributed by atoms with Crippen molar-refractivity contribution in [2.45, 2.75) is 6.92 Å². The van der Waals surface area contributed by atoms with Gasteiger partial charge in [-0.2, -0.15) is 5.10 Å². The molecule has 0 aromatic carbocycles. The Bertz CT molecular complexity index is 509. The molecule has 1 amide bonds. The highest BCUT2D eigenvalue weighted by molar-refractivity contribution is 5.94. The van der Waals surface area contributed by atoms with Crippen molar-refractivity contribution in [3.8, 4) is 0 Å². The Morgan fingerprint density at radius 2 is 2.11 bits per heavy atom. The first-order valence-corrected chi connectivity index (χ1v) is 5.40. The zero-order valence-corrected chi connectivity index (χ0v) is 10.5. The Hall–Kier alpha value is -2.18. The maximum Gasteiger partial charge on any atom is 0.325 e. The van der Waals surface area contributed by atoms with Crippen LogP contribution >= 0.6 is 0 Å². The first-order chi connectivity index (χ1) is 8.49. The highest BCUT2D eigenvalue weighted by Crippen LogP contribution is 2.00. The van der Waals surface area contributed by atoms with Crippen LogP contribution in [0, 0.1) is 0 Å². The van der Waals surface area contributed by atoms with Gasteiger partial charge in [-0.15, -0.1) is 0 Å². The monoisotopic (exact) mass is 253 g/mol. The lowest BCUT2D eigenvalue weighted by Crippen LogP contribution is -2.37. The molecule has 1 rings (SSSR count). The molecule has 0 spiro atoms. The van der Waals surface area contributed by atoms with E-state index in [1.807, 2.05) is 0 Å². The van der Waals surface area contributed by atoms with Gasteiger partial charge in [-0.25, -0.2) is 4.68 Å². The number of aryl methyl sites for hydroxylation is 1. The topological polar surface area (TPSA) is 81.5 Å². The fraction of sp³-hybridized carbons (Fsp3) is 0.455. The summed E-state index contributed by atoms with van der Waals surface area (Å²) in [6.45, 7) is 1.94. The Morgan fingerprint density at radius 1 is 1.44 bits per heavy atom. The van der Waals surface area contributed by atoms with E-state index < -0.39 is 11.9 Å². The van der Waals surface area contributed by atoms with Crippen LogP contribution in [0.3, 0.4) is 0 Å². The summed E-state index contributed by atoms with van der Waals surface area (Å²) in [7, 11) is 2.71. The van der Waals surface area contributed by atoms with Gasteiger partial charge >= 0.3 is 5.97 Å². The van der Waals surface area contributed by atoms with Gasteiger partial charge < -0.3 is 9.64 Å². The van der Waals surface area contributed by atoms with E-state index in [1.54, 1.807) is 6.92 Å². The van der Waals surface area contributed by atoms with Crippen LogP contribution in [0.1, 0.15) is 17.4 Å². The molecule has 0 radical (unpaired) electrons. The molecule has 0 N–H and O–H groups in total. The lowest BCUT2D eigenvalue weighted by atomic mass is 10.3. The minimum absolute atomic E-state index is 0.114. The van der Waals surface area contributed by atoms with Gasteiger partial charge in [0.05, 0.1) is 7.11 Å². The first kappa shape index (κ1) is 13.9. The van der Waals surface area contributed by atoms with Crippen LogP contribution in [-0.4, -0.2) is 46.8 Å². The predicted octanol–water partition coefficient (Wildman–Crippen LogP) is -0.585. The van der Waals surface area contributed by atoms with E-state index in [0.717, 1.165) is 4.68 Å². The summed E-state index contributed by atoms with van der Waals surface area (Å²) in [5.74, 6) is -0.923. The maximum atomic E-state index is 12.0. The Labute approximate surface area is 104 Å². The predicted molar refractivity (Wildman–Crippen MR) is 63.1 cm³/mol. The minimum atomic E-state index is -0.505. The van der Waals surface area contributed by atoms with E-state index in [9.17, 15) is 14.4 Å². The number of nitrogens with zero attached hydrogens (tertiary/aromatic N) is 3. The zero-order valence-electron chi connectivity index (χ0n) is 10.5. The summed E-state index contributed by atoms with van der Waals surface area (Å²) in [6.07, 6.45) is 0. The normalized spacial score (nSPS) is 9.94. The van der Waals surface area contributed by atoms with Crippen molar-refractivity contribution in [1.82, 2.24) is 14.7 Å². The smallest absolute Gasteiger partial charge is 0.325 e. The van der Waals surface area contributed by atoms with Crippen LogP contribution in [0.4, 0.5) is 0 Å². The van der Waals surface area contributed by atoms with Crippen molar-refractivity contribution in [3.05, 3.63) is 28.2 Å². The number of methoxy groups -OCH3 is 1. The number of hydrogen-bond acceptors (Lipinski definition) is 5. The van der Waals surface area contributed by atoms with Gasteiger partial charge in [-0.05, 0) is 13.0 Å². The molecule has 0 unspecified atom stereocenters. The largest absolute Gasteiger partial charge is 0.468 e. The quantitative estimate of drug-likeness (QED) is 0.670. The highest BCUT2D eigenvalue weighted by atomic mass is 16.5. The number of esters is 1. The van der Waals surface area contributed by atoms with Crippen molar-refractivity contribution in [2.75, 3.05) is 20.2 Å². The summed E-state index contributed by atoms with van der Waals surface area (Å²) >= 11 is 0. The van der Waals surface area contributed by atoms with Gasteiger partial charge in [0, 0.05) is 19.7 Å². The number of hydrogen-bond donors (Lipinski definition) is 0. The van der Waals surface area contributed by atoms with Crippen molar-refractivity contribution in [1.29, 1.82) is 0 Å². The second-order valence-electron chi connectivity index (χ2n) is 3.58. The van der Waals surface area contributed by atoms with E-state index in [-0.39, 0.29) is 17.8 Å². The van der Waals surface area contributed by atoms with Crippen LogP contribution in [0.5, 0.6) is 0 Å². The fourth-order valence-electron chi connectivity index (χ4n) is 1.33. The SMILES string of the molecule is CCN(CC(=O)OC)C(=O)c1ccc(=O)n(C)n1. The summed E-state index contributed by atoms with van der Waals surface area (Å²) < 4.78 is 5.57. The molecule has 0 fully saturated rings. The van der Waals surface area contributed by atoms with E-state index >= 15 is 0 Å². The molecule has 18 heavy (non-hydrogen) atoms. The molecule has 0 bridgehead atoms. The number of likely N-dealkylation sites (N-methyl/N-ethyl adjacent to an activating group) is 1. The molecular formula is C11H15N3O4. The molecule has 7 nitrogen and oxygen atoms in total. The summed E-state index contributed by atoms with van der Waals surface area (Å²) in [6, 6.07) is 2.59. The van der Waals surface area contributed by atoms with Crippen molar-refractivity contribution in [3.63, 3.8) is 0 Å². The molecule has 7 heteroatoms. The third kappa shape index (κ3) is 3.16. The lowest BCUT2D eigenvalue weighted by molar-refractivity contribution is -0.141. The molecule has 1 aromatic heterocycles. The molecular weight excluding hydrogens is 238 g/mol. The standard InChI is InChI=1S/C11H15N3O4/c1-4-14(7-10(16)18-3)11(17)8-5-6-9(15)13(2)12-8/h5-6H,4,7H2,1-3H3. The van der Waals surface area contributed by atoms with Crippen LogP contribution in [0.15, 0.2) is 16.9 Å². The van der Waals surface area contributed by atoms with Crippen molar-refractivity contribution < 1.29 is 14.3 Å². The average molecular weight is 253 g/mol. The highest BCUT2D eigenvalue weighted by Gasteiger charge is 2.19. The number of aromatic nitrogens is 2. The van der Waals surface area contributed by atoms with Crippen molar-refractivity contribution in [2.24, 2.45) is 7.05 Å². The van der Waals surface area contributed by atoms with Gasteiger partial charge in [0.1, 0.15) is 12.2 Å². The first-order valence-electron chi connectivity index (χ1n) is 5.40. The Balaban J connectivity index is 2.92. The van der Waals surface area contributed by atoms with Gasteiger partial charge in [-0.3, -0.25) is 14.4 Å². The van der Waals surface area contributed by atoms with Crippen LogP contribution in [0.25, 0.3) is 0 Å². The molecule has 0 atom stereocenters. The summed E-state index contributed by atoms with van der Waals surface area (Å²) in [5, 5.41) is 3.84. The molecule has 1 heterocycles. The number of carbonyl (C=O) groups is 2. The third-order valence-electron chi connectivity index (χ3n) is 2.40. The van der Waals surface area contributed by atoms with Gasteiger partial charge in [0.15, 0.2) is 0 Å². The molecule has 0 aliphatic carbocycles. The summed E-state index contributed by atoms with van der Waals surface area (Å²) in [5.41, 5.74) is -0.189. The van der Waals surface area contributed by atoms with Crippen LogP contribution in [0.2, 0.25) is 0 Å². The number of carbonyl (C=O) groups excluding carboxylic acids is 2. The third-order valence-corrected chi connectivity index (χ3v) is 2.40. The fourth-order valence-corrected chi connectivity index (χ4v) is 1.33. The Morgan fingerprint density at radius 3 is 2.61 bits per heavy atom. The zero-order chi connectivity index (χ0) is 13.7. The van der Waals surface area contributed by atoms with E-state index in [0.29, 0.717) is 6.54 Å². The number of rotatable bonds is 4. The molecule has 0 saturated heterocycles. The molecule has 0 aliphatic heterocycles. The van der Waals surface area contributed by atoms with E-state index in [1.165, 1.54) is 31.2 Å². The number of amides is 1.